The summed E-state index contributed by atoms with van der Waals surface area (Å²) in [5.74, 6) is 0. The summed E-state index contributed by atoms with van der Waals surface area (Å²) in [7, 11) is 0. The van der Waals surface area contributed by atoms with Crippen LogP contribution in [0.15, 0.2) is 11.8 Å². The lowest BCUT2D eigenvalue weighted by Crippen LogP contribution is -2.32. The van der Waals surface area contributed by atoms with Crippen molar-refractivity contribution in [2.45, 2.75) is 45.1 Å². The second-order valence-electron chi connectivity index (χ2n) is 3.95. The Morgan fingerprint density at radius 1 is 1.57 bits per heavy atom. The Kier molecular flexibility index (Phi) is 2.75. The second kappa shape index (κ2) is 4.03. The van der Waals surface area contributed by atoms with Crippen molar-refractivity contribution in [1.82, 2.24) is 4.90 Å². The van der Waals surface area contributed by atoms with Crippen molar-refractivity contribution in [2.24, 2.45) is 0 Å². The van der Waals surface area contributed by atoms with Gasteiger partial charge >= 0.3 is 6.09 Å². The molecule has 0 N–H and O–H groups in total. The predicted molar refractivity (Wildman–Crippen MR) is 53.8 cm³/mol. The van der Waals surface area contributed by atoms with Crippen LogP contribution in [0.25, 0.3) is 0 Å². The minimum absolute atomic E-state index is 0.148. The van der Waals surface area contributed by atoms with Crippen molar-refractivity contribution in [3.05, 3.63) is 11.8 Å². The quantitative estimate of drug-likeness (QED) is 0.678. The normalized spacial score (nSPS) is 27.5. The molecule has 1 saturated heterocycles. The molecular weight excluding hydrogens is 178 g/mol. The van der Waals surface area contributed by atoms with Crippen LogP contribution in [-0.4, -0.2) is 23.6 Å². The summed E-state index contributed by atoms with van der Waals surface area (Å²) < 4.78 is 5.07. The number of hydrogen-bond acceptors (Lipinski definition) is 2. The van der Waals surface area contributed by atoms with Gasteiger partial charge in [0.25, 0.3) is 0 Å². The van der Waals surface area contributed by atoms with Gasteiger partial charge in [0, 0.05) is 5.70 Å². The second-order valence-corrected chi connectivity index (χ2v) is 3.95. The van der Waals surface area contributed by atoms with Crippen LogP contribution >= 0.6 is 0 Å². The van der Waals surface area contributed by atoms with Crippen LogP contribution in [0.3, 0.4) is 0 Å². The standard InChI is InChI=1S/C11H17NO2/c1-2-9-8-14-11(13)12(9)10-6-4-3-5-7-10/h6,9H,2-5,7-8H2,1H3/t9-/m1/s1. The largest absolute Gasteiger partial charge is 0.447 e. The Morgan fingerprint density at radius 2 is 2.43 bits per heavy atom. The Labute approximate surface area is 84.7 Å². The zero-order valence-electron chi connectivity index (χ0n) is 8.66. The molecule has 0 aromatic carbocycles. The molecule has 3 heteroatoms. The molecule has 0 saturated carbocycles. The van der Waals surface area contributed by atoms with Gasteiger partial charge in [-0.15, -0.1) is 0 Å². The van der Waals surface area contributed by atoms with E-state index in [9.17, 15) is 4.79 Å². The van der Waals surface area contributed by atoms with Gasteiger partial charge in [-0.2, -0.15) is 0 Å². The van der Waals surface area contributed by atoms with Gasteiger partial charge in [0.2, 0.25) is 0 Å². The van der Waals surface area contributed by atoms with Crippen LogP contribution in [0.2, 0.25) is 0 Å². The highest BCUT2D eigenvalue weighted by atomic mass is 16.6. The first-order valence-electron chi connectivity index (χ1n) is 5.48. The highest BCUT2D eigenvalue weighted by molar-refractivity contribution is 5.72. The summed E-state index contributed by atoms with van der Waals surface area (Å²) in [5, 5.41) is 0. The van der Waals surface area contributed by atoms with E-state index in [1.165, 1.54) is 18.5 Å². The summed E-state index contributed by atoms with van der Waals surface area (Å²) >= 11 is 0. The van der Waals surface area contributed by atoms with E-state index in [1.54, 1.807) is 0 Å². The van der Waals surface area contributed by atoms with Crippen LogP contribution in [0, 0.1) is 0 Å². The molecule has 0 unspecified atom stereocenters. The summed E-state index contributed by atoms with van der Waals surface area (Å²) in [6.07, 6.45) is 7.61. The molecule has 1 fully saturated rings. The average molecular weight is 195 g/mol. The molecule has 0 aromatic heterocycles. The van der Waals surface area contributed by atoms with E-state index >= 15 is 0 Å². The maximum Gasteiger partial charge on any atom is 0.414 e. The monoisotopic (exact) mass is 195 g/mol. The molecule has 1 aliphatic heterocycles. The number of allylic oxidation sites excluding steroid dienone is 2. The fraction of sp³-hybridized carbons (Fsp3) is 0.727. The third-order valence-corrected chi connectivity index (χ3v) is 3.01. The van der Waals surface area contributed by atoms with Crippen LogP contribution < -0.4 is 0 Å². The van der Waals surface area contributed by atoms with E-state index in [0.717, 1.165) is 19.3 Å². The van der Waals surface area contributed by atoms with E-state index in [1.807, 2.05) is 4.90 Å². The first-order valence-corrected chi connectivity index (χ1v) is 5.48. The molecule has 78 valence electrons. The lowest BCUT2D eigenvalue weighted by Gasteiger charge is -2.25. The van der Waals surface area contributed by atoms with Crippen molar-refractivity contribution in [3.8, 4) is 0 Å². The highest BCUT2D eigenvalue weighted by Gasteiger charge is 2.34. The van der Waals surface area contributed by atoms with Gasteiger partial charge in [-0.3, -0.25) is 4.90 Å². The highest BCUT2D eigenvalue weighted by Crippen LogP contribution is 2.27. The Balaban J connectivity index is 2.13. The SMILES string of the molecule is CC[C@@H]1COC(=O)N1C1=CCCCC1. The summed E-state index contributed by atoms with van der Waals surface area (Å²) in [4.78, 5) is 13.4. The molecule has 0 spiro atoms. The smallest absolute Gasteiger partial charge is 0.414 e. The topological polar surface area (TPSA) is 29.5 Å². The van der Waals surface area contributed by atoms with E-state index in [-0.39, 0.29) is 12.1 Å². The Bertz CT molecular complexity index is 260. The number of amides is 1. The molecule has 14 heavy (non-hydrogen) atoms. The van der Waals surface area contributed by atoms with Gasteiger partial charge in [0.05, 0.1) is 6.04 Å². The summed E-state index contributed by atoms with van der Waals surface area (Å²) in [6.45, 7) is 2.66. The van der Waals surface area contributed by atoms with Gasteiger partial charge in [-0.05, 0) is 32.1 Å². The van der Waals surface area contributed by atoms with Gasteiger partial charge < -0.3 is 4.74 Å². The van der Waals surface area contributed by atoms with E-state index in [2.05, 4.69) is 13.0 Å². The molecule has 1 atom stereocenters. The van der Waals surface area contributed by atoms with Gasteiger partial charge in [-0.1, -0.05) is 13.0 Å². The molecule has 1 heterocycles. The van der Waals surface area contributed by atoms with Crippen molar-refractivity contribution in [1.29, 1.82) is 0 Å². The average Bonchev–Trinajstić information content (AvgIpc) is 2.61. The number of carbonyl (C=O) groups is 1. The molecule has 0 bridgehead atoms. The number of hydrogen-bond donors (Lipinski definition) is 0. The minimum atomic E-state index is -0.148. The third kappa shape index (κ3) is 1.63. The number of rotatable bonds is 2. The van der Waals surface area contributed by atoms with E-state index in [0.29, 0.717) is 6.61 Å². The molecule has 0 aromatic rings. The molecule has 1 amide bonds. The molecule has 0 radical (unpaired) electrons. The number of cyclic esters (lactones) is 1. The number of ether oxygens (including phenoxy) is 1. The third-order valence-electron chi connectivity index (χ3n) is 3.01. The Hall–Kier alpha value is -0.990. The van der Waals surface area contributed by atoms with Crippen LogP contribution in [0.5, 0.6) is 0 Å². The maximum absolute atomic E-state index is 11.5. The molecule has 3 nitrogen and oxygen atoms in total. The fourth-order valence-corrected chi connectivity index (χ4v) is 2.15. The van der Waals surface area contributed by atoms with Crippen molar-refractivity contribution in [3.63, 3.8) is 0 Å². The maximum atomic E-state index is 11.5. The molecule has 2 rings (SSSR count). The first kappa shape index (κ1) is 9.56. The van der Waals surface area contributed by atoms with Crippen LogP contribution in [-0.2, 0) is 4.74 Å². The first-order chi connectivity index (χ1) is 6.83. The molecule has 2 aliphatic rings. The van der Waals surface area contributed by atoms with Gasteiger partial charge in [0.15, 0.2) is 0 Å². The fourth-order valence-electron chi connectivity index (χ4n) is 2.15. The summed E-state index contributed by atoms with van der Waals surface area (Å²) in [6, 6.07) is 0.270. The van der Waals surface area contributed by atoms with Crippen LogP contribution in [0.4, 0.5) is 4.79 Å². The van der Waals surface area contributed by atoms with Crippen molar-refractivity contribution < 1.29 is 9.53 Å². The lowest BCUT2D eigenvalue weighted by atomic mass is 10.0. The van der Waals surface area contributed by atoms with Crippen molar-refractivity contribution >= 4 is 6.09 Å². The van der Waals surface area contributed by atoms with E-state index < -0.39 is 0 Å². The zero-order valence-corrected chi connectivity index (χ0v) is 8.66. The Morgan fingerprint density at radius 3 is 3.07 bits per heavy atom. The van der Waals surface area contributed by atoms with E-state index in [4.69, 9.17) is 4.74 Å². The zero-order chi connectivity index (χ0) is 9.97. The van der Waals surface area contributed by atoms with Crippen LogP contribution in [0.1, 0.15) is 39.0 Å². The minimum Gasteiger partial charge on any atom is -0.447 e. The van der Waals surface area contributed by atoms with Gasteiger partial charge in [0.1, 0.15) is 6.61 Å². The number of nitrogens with zero attached hydrogens (tertiary/aromatic N) is 1. The predicted octanol–water partition coefficient (Wildman–Crippen LogP) is 2.68. The summed E-state index contributed by atoms with van der Waals surface area (Å²) in [5.41, 5.74) is 1.19. The number of carbonyl (C=O) groups excluding carboxylic acids is 1. The van der Waals surface area contributed by atoms with Gasteiger partial charge in [-0.25, -0.2) is 4.79 Å². The van der Waals surface area contributed by atoms with Crippen molar-refractivity contribution in [2.75, 3.05) is 6.61 Å². The lowest BCUT2D eigenvalue weighted by molar-refractivity contribution is 0.163. The molecule has 1 aliphatic carbocycles. The molecular formula is C11H17NO2.